The van der Waals surface area contributed by atoms with E-state index in [2.05, 4.69) is 20.1 Å². The molecule has 3 aromatic rings. The van der Waals surface area contributed by atoms with E-state index >= 15 is 0 Å². The van der Waals surface area contributed by atoms with Crippen LogP contribution in [0.4, 0.5) is 24.7 Å². The lowest BCUT2D eigenvalue weighted by Gasteiger charge is -2.10. The average molecular weight is 320 g/mol. The molecule has 0 saturated heterocycles. The van der Waals surface area contributed by atoms with Crippen molar-refractivity contribution >= 4 is 11.5 Å². The highest BCUT2D eigenvalue weighted by Gasteiger charge is 2.30. The Bertz CT molecular complexity index is 770. The molecule has 1 N–H and O–H groups in total. The van der Waals surface area contributed by atoms with E-state index in [4.69, 9.17) is 0 Å². The van der Waals surface area contributed by atoms with Gasteiger partial charge < -0.3 is 10.1 Å². The van der Waals surface area contributed by atoms with Crippen molar-refractivity contribution in [1.82, 2.24) is 14.8 Å². The van der Waals surface area contributed by atoms with Crippen LogP contribution in [0, 0.1) is 0 Å². The van der Waals surface area contributed by atoms with Crippen LogP contribution in [0.15, 0.2) is 60.9 Å². The van der Waals surface area contributed by atoms with Gasteiger partial charge in [0, 0.05) is 18.1 Å². The maximum absolute atomic E-state index is 12.1. The third-order valence-electron chi connectivity index (χ3n) is 2.83. The quantitative estimate of drug-likeness (QED) is 0.792. The highest BCUT2D eigenvalue weighted by molar-refractivity contribution is 5.57. The summed E-state index contributed by atoms with van der Waals surface area (Å²) in [6, 6.07) is 12.5. The number of aromatic nitrogens is 3. The van der Waals surface area contributed by atoms with Crippen molar-refractivity contribution in [2.24, 2.45) is 0 Å². The molecular formula is C15H11F3N4O. The summed E-state index contributed by atoms with van der Waals surface area (Å²) in [5.74, 6) is 0.890. The Balaban J connectivity index is 1.73. The number of pyridine rings is 1. The number of nitrogens with zero attached hydrogens (tertiary/aromatic N) is 3. The number of benzene rings is 1. The number of ether oxygens (including phenoxy) is 1. The number of hydrogen-bond acceptors (Lipinski definition) is 4. The zero-order valence-corrected chi connectivity index (χ0v) is 11.7. The van der Waals surface area contributed by atoms with Crippen molar-refractivity contribution in [3.05, 3.63) is 60.9 Å². The van der Waals surface area contributed by atoms with E-state index in [1.807, 2.05) is 0 Å². The molecular weight excluding hydrogens is 309 g/mol. The largest absolute Gasteiger partial charge is 0.573 e. The van der Waals surface area contributed by atoms with E-state index in [0.29, 0.717) is 17.3 Å². The molecule has 0 unspecified atom stereocenters. The van der Waals surface area contributed by atoms with Gasteiger partial charge in [-0.25, -0.2) is 9.67 Å². The van der Waals surface area contributed by atoms with Crippen LogP contribution in [-0.2, 0) is 0 Å². The van der Waals surface area contributed by atoms with Crippen molar-refractivity contribution < 1.29 is 17.9 Å². The Morgan fingerprint density at radius 1 is 1.00 bits per heavy atom. The van der Waals surface area contributed by atoms with Gasteiger partial charge in [-0.05, 0) is 42.5 Å². The summed E-state index contributed by atoms with van der Waals surface area (Å²) >= 11 is 0. The molecule has 23 heavy (non-hydrogen) atoms. The zero-order valence-electron chi connectivity index (χ0n) is 11.7. The number of anilines is 2. The molecule has 8 heteroatoms. The Kier molecular flexibility index (Phi) is 3.88. The third-order valence-corrected chi connectivity index (χ3v) is 2.83. The van der Waals surface area contributed by atoms with Crippen molar-refractivity contribution in [1.29, 1.82) is 0 Å². The van der Waals surface area contributed by atoms with Crippen molar-refractivity contribution in [2.75, 3.05) is 5.32 Å². The smallest absolute Gasteiger partial charge is 0.406 e. The van der Waals surface area contributed by atoms with Gasteiger partial charge in [0.2, 0.25) is 0 Å². The predicted octanol–water partition coefficient (Wildman–Crippen LogP) is 3.91. The van der Waals surface area contributed by atoms with E-state index in [0.717, 1.165) is 0 Å². The summed E-state index contributed by atoms with van der Waals surface area (Å²) in [5.41, 5.74) is 0.588. The molecule has 2 heterocycles. The van der Waals surface area contributed by atoms with E-state index in [9.17, 15) is 13.2 Å². The van der Waals surface area contributed by atoms with Crippen LogP contribution < -0.4 is 10.1 Å². The standard InChI is InChI=1S/C15H11F3N4O/c16-15(17,18)23-12-7-5-11(6-8-12)20-13-3-1-4-14(21-13)22-10-2-9-19-22/h1-10H,(H,20,21). The summed E-state index contributed by atoms with van der Waals surface area (Å²) in [6.45, 7) is 0. The second-order valence-corrected chi connectivity index (χ2v) is 4.53. The highest BCUT2D eigenvalue weighted by Crippen LogP contribution is 2.25. The van der Waals surface area contributed by atoms with Crippen LogP contribution >= 0.6 is 0 Å². The first kappa shape index (κ1) is 14.9. The Hall–Kier alpha value is -3.03. The maximum atomic E-state index is 12.1. The van der Waals surface area contributed by atoms with Crippen LogP contribution in [0.5, 0.6) is 5.75 Å². The second-order valence-electron chi connectivity index (χ2n) is 4.53. The number of rotatable bonds is 4. The van der Waals surface area contributed by atoms with Gasteiger partial charge in [-0.2, -0.15) is 5.10 Å². The van der Waals surface area contributed by atoms with Crippen LogP contribution in [-0.4, -0.2) is 21.1 Å². The van der Waals surface area contributed by atoms with Gasteiger partial charge in [0.05, 0.1) is 0 Å². The molecule has 3 rings (SSSR count). The highest BCUT2D eigenvalue weighted by atomic mass is 19.4. The Labute approximate surface area is 129 Å². The van der Waals surface area contributed by atoms with Gasteiger partial charge >= 0.3 is 6.36 Å². The predicted molar refractivity (Wildman–Crippen MR) is 77.8 cm³/mol. The molecule has 0 aliphatic heterocycles. The van der Waals surface area contributed by atoms with E-state index < -0.39 is 6.36 Å². The average Bonchev–Trinajstić information content (AvgIpc) is 3.02. The van der Waals surface area contributed by atoms with E-state index in [-0.39, 0.29) is 5.75 Å². The maximum Gasteiger partial charge on any atom is 0.573 e. The summed E-state index contributed by atoms with van der Waals surface area (Å²) in [4.78, 5) is 4.37. The van der Waals surface area contributed by atoms with Gasteiger partial charge in [0.15, 0.2) is 5.82 Å². The minimum Gasteiger partial charge on any atom is -0.406 e. The van der Waals surface area contributed by atoms with E-state index in [1.165, 1.54) is 24.3 Å². The van der Waals surface area contributed by atoms with Crippen LogP contribution in [0.3, 0.4) is 0 Å². The van der Waals surface area contributed by atoms with Gasteiger partial charge in [0.1, 0.15) is 11.6 Å². The van der Waals surface area contributed by atoms with Crippen LogP contribution in [0.1, 0.15) is 0 Å². The summed E-state index contributed by atoms with van der Waals surface area (Å²) in [7, 11) is 0. The first-order valence-corrected chi connectivity index (χ1v) is 6.59. The number of halogens is 3. The summed E-state index contributed by atoms with van der Waals surface area (Å²) in [5, 5.41) is 7.09. The minimum atomic E-state index is -4.70. The molecule has 118 valence electrons. The first-order valence-electron chi connectivity index (χ1n) is 6.59. The summed E-state index contributed by atoms with van der Waals surface area (Å²) in [6.07, 6.45) is -1.30. The van der Waals surface area contributed by atoms with Crippen molar-refractivity contribution in [3.8, 4) is 11.6 Å². The van der Waals surface area contributed by atoms with Crippen LogP contribution in [0.25, 0.3) is 5.82 Å². The number of hydrogen-bond donors (Lipinski definition) is 1. The normalized spacial score (nSPS) is 11.3. The molecule has 0 saturated carbocycles. The number of nitrogens with one attached hydrogen (secondary N) is 1. The van der Waals surface area contributed by atoms with E-state index in [1.54, 1.807) is 41.3 Å². The lowest BCUT2D eigenvalue weighted by molar-refractivity contribution is -0.274. The molecule has 0 aliphatic carbocycles. The zero-order chi connectivity index (χ0) is 16.3. The van der Waals surface area contributed by atoms with Crippen molar-refractivity contribution in [3.63, 3.8) is 0 Å². The lowest BCUT2D eigenvalue weighted by Crippen LogP contribution is -2.16. The van der Waals surface area contributed by atoms with Gasteiger partial charge in [0.25, 0.3) is 0 Å². The van der Waals surface area contributed by atoms with Gasteiger partial charge in [-0.15, -0.1) is 13.2 Å². The van der Waals surface area contributed by atoms with Gasteiger partial charge in [-0.3, -0.25) is 0 Å². The topological polar surface area (TPSA) is 52.0 Å². The molecule has 0 spiro atoms. The fraction of sp³-hybridized carbons (Fsp3) is 0.0667. The minimum absolute atomic E-state index is 0.277. The fourth-order valence-corrected chi connectivity index (χ4v) is 1.91. The monoisotopic (exact) mass is 320 g/mol. The lowest BCUT2D eigenvalue weighted by atomic mass is 10.3. The number of alkyl halides is 3. The molecule has 0 fully saturated rings. The molecule has 1 aromatic carbocycles. The third kappa shape index (κ3) is 4.00. The molecule has 2 aromatic heterocycles. The second kappa shape index (κ2) is 5.99. The SMILES string of the molecule is FC(F)(F)Oc1ccc(Nc2cccc(-n3cccn3)n2)cc1. The molecule has 5 nitrogen and oxygen atoms in total. The fourth-order valence-electron chi connectivity index (χ4n) is 1.91. The van der Waals surface area contributed by atoms with Gasteiger partial charge in [-0.1, -0.05) is 6.07 Å². The summed E-state index contributed by atoms with van der Waals surface area (Å²) < 4.78 is 41.8. The molecule has 0 amide bonds. The van der Waals surface area contributed by atoms with Crippen LogP contribution in [0.2, 0.25) is 0 Å². The Morgan fingerprint density at radius 2 is 1.78 bits per heavy atom. The first-order chi connectivity index (χ1) is 11.0. The Morgan fingerprint density at radius 3 is 2.43 bits per heavy atom. The molecule has 0 atom stereocenters. The molecule has 0 radical (unpaired) electrons. The molecule has 0 aliphatic rings. The molecule has 0 bridgehead atoms. The van der Waals surface area contributed by atoms with Crippen molar-refractivity contribution in [2.45, 2.75) is 6.36 Å².